The summed E-state index contributed by atoms with van der Waals surface area (Å²) in [6, 6.07) is 9.15. The van der Waals surface area contributed by atoms with Crippen molar-refractivity contribution in [3.8, 4) is 5.75 Å². The van der Waals surface area contributed by atoms with Crippen LogP contribution in [0.5, 0.6) is 5.75 Å². The molecule has 0 fully saturated rings. The largest absolute Gasteiger partial charge is 0.497 e. The molecule has 0 saturated heterocycles. The van der Waals surface area contributed by atoms with Crippen LogP contribution in [0.4, 0.5) is 4.39 Å². The molecule has 0 aliphatic rings. The van der Waals surface area contributed by atoms with E-state index in [2.05, 4.69) is 34.2 Å². The van der Waals surface area contributed by atoms with Crippen molar-refractivity contribution in [1.29, 1.82) is 0 Å². The number of halogens is 2. The Labute approximate surface area is 137 Å². The van der Waals surface area contributed by atoms with Gasteiger partial charge in [-0.15, -0.1) is 11.3 Å². The minimum Gasteiger partial charge on any atom is -0.497 e. The molecular formula is C16H19BrFNOS. The molecule has 0 spiro atoms. The molecule has 0 bridgehead atoms. The highest BCUT2D eigenvalue weighted by molar-refractivity contribution is 9.11. The van der Waals surface area contributed by atoms with Gasteiger partial charge < -0.3 is 10.1 Å². The molecule has 0 aliphatic heterocycles. The van der Waals surface area contributed by atoms with E-state index in [0.717, 1.165) is 23.2 Å². The van der Waals surface area contributed by atoms with Gasteiger partial charge in [0, 0.05) is 29.0 Å². The lowest BCUT2D eigenvalue weighted by Gasteiger charge is -2.19. The molecule has 5 heteroatoms. The van der Waals surface area contributed by atoms with Gasteiger partial charge in [0.2, 0.25) is 0 Å². The second-order valence-electron chi connectivity index (χ2n) is 4.80. The fraction of sp³-hybridized carbons (Fsp3) is 0.375. The van der Waals surface area contributed by atoms with Crippen LogP contribution in [0.25, 0.3) is 0 Å². The number of rotatable bonds is 7. The quantitative estimate of drug-likeness (QED) is 0.743. The smallest absolute Gasteiger partial charge is 0.131 e. The first kappa shape index (κ1) is 16.5. The molecule has 0 aliphatic carbocycles. The molecule has 0 radical (unpaired) electrons. The van der Waals surface area contributed by atoms with E-state index in [1.807, 2.05) is 18.2 Å². The monoisotopic (exact) mass is 371 g/mol. The van der Waals surface area contributed by atoms with Gasteiger partial charge >= 0.3 is 0 Å². The van der Waals surface area contributed by atoms with Crippen LogP contribution in [-0.4, -0.2) is 13.7 Å². The number of nitrogens with one attached hydrogen (secondary N) is 1. The zero-order chi connectivity index (χ0) is 15.2. The molecular weight excluding hydrogens is 353 g/mol. The molecule has 1 unspecified atom stereocenters. The minimum atomic E-state index is -0.224. The van der Waals surface area contributed by atoms with Crippen molar-refractivity contribution in [3.05, 3.63) is 50.4 Å². The molecule has 1 aromatic carbocycles. The third-order valence-corrected chi connectivity index (χ3v) is 4.90. The van der Waals surface area contributed by atoms with Gasteiger partial charge in [-0.25, -0.2) is 4.39 Å². The van der Waals surface area contributed by atoms with Crippen LogP contribution >= 0.6 is 27.3 Å². The van der Waals surface area contributed by atoms with Crippen molar-refractivity contribution in [3.63, 3.8) is 0 Å². The van der Waals surface area contributed by atoms with Gasteiger partial charge in [-0.3, -0.25) is 0 Å². The van der Waals surface area contributed by atoms with E-state index in [1.165, 1.54) is 10.9 Å². The summed E-state index contributed by atoms with van der Waals surface area (Å²) in [4.78, 5) is 1.23. The highest BCUT2D eigenvalue weighted by Crippen LogP contribution is 2.29. The maximum Gasteiger partial charge on any atom is 0.131 e. The first-order valence-corrected chi connectivity index (χ1v) is 8.56. The van der Waals surface area contributed by atoms with Gasteiger partial charge in [-0.2, -0.15) is 0 Å². The predicted octanol–water partition coefficient (Wildman–Crippen LogP) is 4.94. The van der Waals surface area contributed by atoms with Crippen molar-refractivity contribution >= 4 is 27.3 Å². The highest BCUT2D eigenvalue weighted by Gasteiger charge is 2.17. The molecule has 1 heterocycles. The number of benzene rings is 1. The van der Waals surface area contributed by atoms with Gasteiger partial charge in [0.25, 0.3) is 0 Å². The summed E-state index contributed by atoms with van der Waals surface area (Å²) in [5.74, 6) is 0.322. The lowest BCUT2D eigenvalue weighted by molar-refractivity contribution is 0.409. The number of methoxy groups -OCH3 is 1. The maximum atomic E-state index is 14.3. The van der Waals surface area contributed by atoms with Gasteiger partial charge in [0.1, 0.15) is 11.6 Å². The van der Waals surface area contributed by atoms with Gasteiger partial charge in [-0.05, 0) is 47.1 Å². The minimum absolute atomic E-state index is 0.0265. The molecule has 0 amide bonds. The Morgan fingerprint density at radius 3 is 2.71 bits per heavy atom. The van der Waals surface area contributed by atoms with E-state index < -0.39 is 0 Å². The highest BCUT2D eigenvalue weighted by atomic mass is 79.9. The lowest BCUT2D eigenvalue weighted by atomic mass is 10.0. The Bertz CT molecular complexity index is 587. The summed E-state index contributed by atoms with van der Waals surface area (Å²) in [7, 11) is 1.55. The summed E-state index contributed by atoms with van der Waals surface area (Å²) in [6.45, 7) is 2.97. The summed E-state index contributed by atoms with van der Waals surface area (Å²) in [5.41, 5.74) is 0.689. The zero-order valence-corrected chi connectivity index (χ0v) is 14.6. The Balaban J connectivity index is 2.22. The first-order chi connectivity index (χ1) is 10.1. The van der Waals surface area contributed by atoms with Crippen LogP contribution in [0.3, 0.4) is 0 Å². The van der Waals surface area contributed by atoms with Crippen LogP contribution in [0, 0.1) is 5.82 Å². The van der Waals surface area contributed by atoms with E-state index in [1.54, 1.807) is 18.4 Å². The Hall–Kier alpha value is -0.910. The molecule has 21 heavy (non-hydrogen) atoms. The fourth-order valence-corrected chi connectivity index (χ4v) is 3.72. The Morgan fingerprint density at radius 1 is 1.33 bits per heavy atom. The van der Waals surface area contributed by atoms with E-state index in [-0.39, 0.29) is 11.9 Å². The second-order valence-corrected chi connectivity index (χ2v) is 7.35. The van der Waals surface area contributed by atoms with Crippen LogP contribution in [-0.2, 0) is 6.42 Å². The summed E-state index contributed by atoms with van der Waals surface area (Å²) in [6.07, 6.45) is 1.79. The SMILES string of the molecule is CCCNC(Cc1ccc(Br)s1)c1ccc(OC)cc1F. The van der Waals surface area contributed by atoms with E-state index >= 15 is 0 Å². The molecule has 114 valence electrons. The average Bonchev–Trinajstić information content (AvgIpc) is 2.88. The Morgan fingerprint density at radius 2 is 2.14 bits per heavy atom. The third-order valence-electron chi connectivity index (χ3n) is 3.26. The second kappa shape index (κ2) is 7.92. The number of ether oxygens (including phenoxy) is 1. The van der Waals surface area contributed by atoms with Crippen LogP contribution in [0.2, 0.25) is 0 Å². The van der Waals surface area contributed by atoms with Crippen molar-refractivity contribution in [2.24, 2.45) is 0 Å². The molecule has 2 rings (SSSR count). The fourth-order valence-electron chi connectivity index (χ4n) is 2.19. The summed E-state index contributed by atoms with van der Waals surface area (Å²) in [5, 5.41) is 3.43. The van der Waals surface area contributed by atoms with Crippen LogP contribution < -0.4 is 10.1 Å². The van der Waals surface area contributed by atoms with Crippen LogP contribution in [0.15, 0.2) is 34.1 Å². The summed E-state index contributed by atoms with van der Waals surface area (Å²) < 4.78 is 20.5. The van der Waals surface area contributed by atoms with Crippen molar-refractivity contribution in [2.45, 2.75) is 25.8 Å². The molecule has 2 nitrogen and oxygen atoms in total. The molecule has 1 N–H and O–H groups in total. The normalized spacial score (nSPS) is 12.4. The molecule has 0 saturated carbocycles. The average molecular weight is 372 g/mol. The zero-order valence-electron chi connectivity index (χ0n) is 12.2. The molecule has 2 aromatic rings. The van der Waals surface area contributed by atoms with Gasteiger partial charge in [0.15, 0.2) is 0 Å². The predicted molar refractivity (Wildman–Crippen MR) is 89.7 cm³/mol. The van der Waals surface area contributed by atoms with Crippen molar-refractivity contribution in [1.82, 2.24) is 5.32 Å². The maximum absolute atomic E-state index is 14.3. The van der Waals surface area contributed by atoms with Gasteiger partial charge in [-0.1, -0.05) is 13.0 Å². The molecule has 1 atom stereocenters. The summed E-state index contributed by atoms with van der Waals surface area (Å²) >= 11 is 5.16. The van der Waals surface area contributed by atoms with Crippen molar-refractivity contribution < 1.29 is 9.13 Å². The van der Waals surface area contributed by atoms with Crippen molar-refractivity contribution in [2.75, 3.05) is 13.7 Å². The number of thiophene rings is 1. The molecule has 1 aromatic heterocycles. The van der Waals surface area contributed by atoms with Crippen LogP contribution in [0.1, 0.15) is 29.8 Å². The third kappa shape index (κ3) is 4.53. The van der Waals surface area contributed by atoms with Gasteiger partial charge in [0.05, 0.1) is 10.9 Å². The number of hydrogen-bond acceptors (Lipinski definition) is 3. The van der Waals surface area contributed by atoms with E-state index in [9.17, 15) is 4.39 Å². The lowest BCUT2D eigenvalue weighted by Crippen LogP contribution is -2.24. The Kier molecular flexibility index (Phi) is 6.21. The number of hydrogen-bond donors (Lipinski definition) is 1. The first-order valence-electron chi connectivity index (χ1n) is 6.95. The van der Waals surface area contributed by atoms with E-state index in [4.69, 9.17) is 4.74 Å². The van der Waals surface area contributed by atoms with E-state index in [0.29, 0.717) is 11.3 Å². The topological polar surface area (TPSA) is 21.3 Å². The standard InChI is InChI=1S/C16H19BrFNOS/c1-3-8-19-15(10-12-5-7-16(17)21-12)13-6-4-11(20-2)9-14(13)18/h4-7,9,15,19H,3,8,10H2,1-2H3.